The predicted octanol–water partition coefficient (Wildman–Crippen LogP) is 2.17. The zero-order valence-electron chi connectivity index (χ0n) is 12.1. The summed E-state index contributed by atoms with van der Waals surface area (Å²) in [6.07, 6.45) is 0. The Morgan fingerprint density at radius 3 is 2.05 bits per heavy atom. The number of aliphatic carboxylic acids is 1. The zero-order valence-corrected chi connectivity index (χ0v) is 12.1. The van der Waals surface area contributed by atoms with E-state index < -0.39 is 12.0 Å². The number of hydrogen-bond acceptors (Lipinski definition) is 3. The van der Waals surface area contributed by atoms with Gasteiger partial charge in [-0.05, 0) is 56.9 Å². The fourth-order valence-corrected chi connectivity index (χ4v) is 2.06. The molecule has 0 fully saturated rings. The number of ketones is 1. The van der Waals surface area contributed by atoms with Gasteiger partial charge >= 0.3 is 5.97 Å². The van der Waals surface area contributed by atoms with Gasteiger partial charge < -0.3 is 5.11 Å². The summed E-state index contributed by atoms with van der Waals surface area (Å²) in [6, 6.07) is 1.34. The normalized spacial score (nSPS) is 12.3. The van der Waals surface area contributed by atoms with E-state index >= 15 is 0 Å². The van der Waals surface area contributed by atoms with Crippen LogP contribution in [0.4, 0.5) is 0 Å². The van der Waals surface area contributed by atoms with Gasteiger partial charge in [0.15, 0.2) is 5.78 Å². The highest BCUT2D eigenvalue weighted by Crippen LogP contribution is 2.21. The third-order valence-corrected chi connectivity index (χ3v) is 3.58. The van der Waals surface area contributed by atoms with Crippen molar-refractivity contribution >= 4 is 11.8 Å². The fraction of sp³-hybridized carbons (Fsp3) is 0.467. The standard InChI is InChI=1S/C15H21NO3/c1-8-6-9(2)11(4)14(10(8)3)13(17)7-16-12(5)15(18)19/h6,12,16H,7H2,1-5H3,(H,18,19). The van der Waals surface area contributed by atoms with Gasteiger partial charge in [0.1, 0.15) is 6.04 Å². The fourth-order valence-electron chi connectivity index (χ4n) is 2.06. The highest BCUT2D eigenvalue weighted by molar-refractivity contribution is 6.01. The first-order chi connectivity index (χ1) is 8.75. The maximum absolute atomic E-state index is 12.3. The minimum Gasteiger partial charge on any atom is -0.480 e. The second kappa shape index (κ2) is 5.97. The smallest absolute Gasteiger partial charge is 0.320 e. The number of carboxylic acid groups (broad SMARTS) is 1. The monoisotopic (exact) mass is 263 g/mol. The van der Waals surface area contributed by atoms with Crippen LogP contribution < -0.4 is 5.32 Å². The lowest BCUT2D eigenvalue weighted by Crippen LogP contribution is -2.37. The van der Waals surface area contributed by atoms with Crippen molar-refractivity contribution in [1.82, 2.24) is 5.32 Å². The topological polar surface area (TPSA) is 66.4 Å². The van der Waals surface area contributed by atoms with Crippen molar-refractivity contribution in [3.63, 3.8) is 0 Å². The van der Waals surface area contributed by atoms with Crippen LogP contribution in [-0.4, -0.2) is 29.4 Å². The Morgan fingerprint density at radius 1 is 1.16 bits per heavy atom. The number of carbonyl (C=O) groups excluding carboxylic acids is 1. The Kier molecular flexibility index (Phi) is 4.84. The van der Waals surface area contributed by atoms with E-state index in [9.17, 15) is 9.59 Å². The molecule has 1 atom stereocenters. The molecule has 0 bridgehead atoms. The average Bonchev–Trinajstić information content (AvgIpc) is 2.33. The van der Waals surface area contributed by atoms with Gasteiger partial charge in [0, 0.05) is 5.56 Å². The van der Waals surface area contributed by atoms with Crippen molar-refractivity contribution in [2.75, 3.05) is 6.54 Å². The number of carbonyl (C=O) groups is 2. The lowest BCUT2D eigenvalue weighted by molar-refractivity contribution is -0.138. The third-order valence-electron chi connectivity index (χ3n) is 3.58. The Hall–Kier alpha value is -1.68. The van der Waals surface area contributed by atoms with Gasteiger partial charge in [0.05, 0.1) is 6.54 Å². The quantitative estimate of drug-likeness (QED) is 0.799. The molecule has 0 amide bonds. The van der Waals surface area contributed by atoms with Crippen LogP contribution in [0.25, 0.3) is 0 Å². The second-order valence-corrected chi connectivity index (χ2v) is 5.00. The lowest BCUT2D eigenvalue weighted by Gasteiger charge is -2.15. The molecular weight excluding hydrogens is 242 g/mol. The first-order valence-electron chi connectivity index (χ1n) is 6.32. The summed E-state index contributed by atoms with van der Waals surface area (Å²) in [5.74, 6) is -1.02. The largest absolute Gasteiger partial charge is 0.480 e. The van der Waals surface area contributed by atoms with Gasteiger partial charge in [-0.3, -0.25) is 14.9 Å². The maximum Gasteiger partial charge on any atom is 0.320 e. The molecule has 0 aliphatic rings. The molecule has 2 N–H and O–H groups in total. The summed E-state index contributed by atoms with van der Waals surface area (Å²) in [6.45, 7) is 9.37. The van der Waals surface area contributed by atoms with Crippen molar-refractivity contribution < 1.29 is 14.7 Å². The van der Waals surface area contributed by atoms with Crippen molar-refractivity contribution in [3.05, 3.63) is 33.9 Å². The molecule has 0 spiro atoms. The summed E-state index contributed by atoms with van der Waals surface area (Å²) >= 11 is 0. The SMILES string of the molecule is Cc1cc(C)c(C)c(C(=O)CNC(C)C(=O)O)c1C. The first kappa shape index (κ1) is 15.4. The minimum absolute atomic E-state index is 0.0397. The average molecular weight is 263 g/mol. The van der Waals surface area contributed by atoms with E-state index in [1.165, 1.54) is 6.92 Å². The van der Waals surface area contributed by atoms with Gasteiger partial charge in [-0.15, -0.1) is 0 Å². The van der Waals surface area contributed by atoms with Gasteiger partial charge in [-0.2, -0.15) is 0 Å². The van der Waals surface area contributed by atoms with Gasteiger partial charge in [0.2, 0.25) is 0 Å². The van der Waals surface area contributed by atoms with Crippen LogP contribution in [0.2, 0.25) is 0 Å². The number of rotatable bonds is 5. The summed E-state index contributed by atoms with van der Waals surface area (Å²) in [7, 11) is 0. The van der Waals surface area contributed by atoms with E-state index in [1.54, 1.807) is 0 Å². The number of hydrogen-bond donors (Lipinski definition) is 2. The van der Waals surface area contributed by atoms with Gasteiger partial charge in [0.25, 0.3) is 0 Å². The molecule has 0 heterocycles. The molecule has 1 aromatic carbocycles. The van der Waals surface area contributed by atoms with Crippen molar-refractivity contribution in [3.8, 4) is 0 Å². The van der Waals surface area contributed by atoms with E-state index in [0.717, 1.165) is 22.3 Å². The van der Waals surface area contributed by atoms with Crippen LogP contribution in [0.5, 0.6) is 0 Å². The molecule has 0 saturated carbocycles. The number of Topliss-reactive ketones (excluding diaryl/α,β-unsaturated/α-hetero) is 1. The highest BCUT2D eigenvalue weighted by atomic mass is 16.4. The summed E-state index contributed by atoms with van der Waals surface area (Å²) in [5.41, 5.74) is 4.81. The van der Waals surface area contributed by atoms with Crippen molar-refractivity contribution in [1.29, 1.82) is 0 Å². The molecule has 0 aliphatic carbocycles. The number of aryl methyl sites for hydroxylation is 2. The second-order valence-electron chi connectivity index (χ2n) is 5.00. The van der Waals surface area contributed by atoms with Crippen LogP contribution in [0, 0.1) is 27.7 Å². The predicted molar refractivity (Wildman–Crippen MR) is 74.8 cm³/mol. The maximum atomic E-state index is 12.3. The Balaban J connectivity index is 2.98. The summed E-state index contributed by atoms with van der Waals surface area (Å²) in [4.78, 5) is 23.0. The van der Waals surface area contributed by atoms with Crippen LogP contribution in [0.15, 0.2) is 6.07 Å². The highest BCUT2D eigenvalue weighted by Gasteiger charge is 2.17. The molecule has 104 valence electrons. The molecule has 0 radical (unpaired) electrons. The van der Waals surface area contributed by atoms with Crippen LogP contribution >= 0.6 is 0 Å². The number of benzene rings is 1. The van der Waals surface area contributed by atoms with E-state index in [0.29, 0.717) is 5.56 Å². The molecule has 0 saturated heterocycles. The molecular formula is C15H21NO3. The van der Waals surface area contributed by atoms with Crippen LogP contribution in [0.3, 0.4) is 0 Å². The Morgan fingerprint density at radius 2 is 1.63 bits per heavy atom. The molecule has 0 aliphatic heterocycles. The molecule has 1 rings (SSSR count). The van der Waals surface area contributed by atoms with E-state index in [2.05, 4.69) is 11.4 Å². The number of carboxylic acids is 1. The Labute approximate surface area is 113 Å². The number of nitrogens with one attached hydrogen (secondary N) is 1. The zero-order chi connectivity index (χ0) is 14.7. The van der Waals surface area contributed by atoms with Crippen LogP contribution in [-0.2, 0) is 4.79 Å². The van der Waals surface area contributed by atoms with E-state index in [-0.39, 0.29) is 12.3 Å². The van der Waals surface area contributed by atoms with Crippen molar-refractivity contribution in [2.24, 2.45) is 0 Å². The van der Waals surface area contributed by atoms with Crippen LogP contribution in [0.1, 0.15) is 39.5 Å². The van der Waals surface area contributed by atoms with Crippen molar-refractivity contribution in [2.45, 2.75) is 40.7 Å². The molecule has 0 aromatic heterocycles. The van der Waals surface area contributed by atoms with E-state index in [4.69, 9.17) is 5.11 Å². The minimum atomic E-state index is -0.957. The van der Waals surface area contributed by atoms with Gasteiger partial charge in [-0.1, -0.05) is 6.07 Å². The summed E-state index contributed by atoms with van der Waals surface area (Å²) in [5, 5.41) is 11.5. The van der Waals surface area contributed by atoms with Gasteiger partial charge in [-0.25, -0.2) is 0 Å². The Bertz CT molecular complexity index is 494. The molecule has 4 heteroatoms. The lowest BCUT2D eigenvalue weighted by atomic mass is 9.91. The van der Waals surface area contributed by atoms with E-state index in [1.807, 2.05) is 27.7 Å². The third kappa shape index (κ3) is 3.41. The summed E-state index contributed by atoms with van der Waals surface area (Å²) < 4.78 is 0. The molecule has 4 nitrogen and oxygen atoms in total. The molecule has 1 aromatic rings. The molecule has 19 heavy (non-hydrogen) atoms. The molecule has 1 unspecified atom stereocenters. The first-order valence-corrected chi connectivity index (χ1v) is 6.32.